The average molecular weight is 352 g/mol. The monoisotopic (exact) mass is 352 g/mol. The van der Waals surface area contributed by atoms with Crippen LogP contribution < -0.4 is 14.8 Å². The van der Waals surface area contributed by atoms with E-state index in [-0.39, 0.29) is 5.91 Å². The number of carbonyl (C=O) groups excluding carboxylic acids is 1. The molecule has 7 heteroatoms. The van der Waals surface area contributed by atoms with Crippen molar-refractivity contribution in [3.63, 3.8) is 0 Å². The van der Waals surface area contributed by atoms with E-state index in [2.05, 4.69) is 15.3 Å². The molecule has 0 fully saturated rings. The van der Waals surface area contributed by atoms with E-state index in [1.54, 1.807) is 44.8 Å². The maximum absolute atomic E-state index is 12.7. The molecular weight excluding hydrogens is 332 g/mol. The molecule has 2 aromatic heterocycles. The number of ether oxygens (including phenoxy) is 2. The minimum Gasteiger partial charge on any atom is -0.493 e. The number of imidazole rings is 1. The fourth-order valence-corrected chi connectivity index (χ4v) is 2.70. The lowest BCUT2D eigenvalue weighted by molar-refractivity contribution is 0.0940. The molecule has 0 aliphatic rings. The molecule has 1 amide bonds. The SMILES string of the molecule is COc1ccc([C@@H](NC(=O)c2cccnc2)c2nccn2C)cc1OC. The predicted octanol–water partition coefficient (Wildman–Crippen LogP) is 2.35. The number of amides is 1. The van der Waals surface area contributed by atoms with Crippen molar-refractivity contribution >= 4 is 5.91 Å². The van der Waals surface area contributed by atoms with Gasteiger partial charge in [0.2, 0.25) is 0 Å². The third kappa shape index (κ3) is 3.51. The Morgan fingerprint density at radius 1 is 1.15 bits per heavy atom. The van der Waals surface area contributed by atoms with Crippen LogP contribution in [0.1, 0.15) is 27.8 Å². The van der Waals surface area contributed by atoms with Crippen molar-refractivity contribution in [1.29, 1.82) is 0 Å². The molecule has 1 N–H and O–H groups in total. The molecule has 0 aliphatic heterocycles. The number of aromatic nitrogens is 3. The van der Waals surface area contributed by atoms with E-state index in [0.717, 1.165) is 5.56 Å². The number of methoxy groups -OCH3 is 2. The predicted molar refractivity (Wildman–Crippen MR) is 96.3 cm³/mol. The Kier molecular flexibility index (Phi) is 5.17. The van der Waals surface area contributed by atoms with Gasteiger partial charge in [0.05, 0.1) is 19.8 Å². The van der Waals surface area contributed by atoms with E-state index in [4.69, 9.17) is 9.47 Å². The summed E-state index contributed by atoms with van der Waals surface area (Å²) in [6.07, 6.45) is 6.68. The molecule has 0 aliphatic carbocycles. The molecule has 134 valence electrons. The van der Waals surface area contributed by atoms with Gasteiger partial charge in [-0.2, -0.15) is 0 Å². The van der Waals surface area contributed by atoms with Crippen molar-refractivity contribution in [2.75, 3.05) is 14.2 Å². The molecule has 1 atom stereocenters. The quantitative estimate of drug-likeness (QED) is 0.737. The van der Waals surface area contributed by atoms with Crippen LogP contribution in [-0.4, -0.2) is 34.7 Å². The molecule has 0 saturated heterocycles. The lowest BCUT2D eigenvalue weighted by Crippen LogP contribution is -2.31. The average Bonchev–Trinajstić information content (AvgIpc) is 3.11. The third-order valence-electron chi connectivity index (χ3n) is 4.06. The standard InChI is InChI=1S/C19H20N4O3/c1-23-10-9-21-18(23)17(22-19(24)14-5-4-8-20-12-14)13-6-7-15(25-2)16(11-13)26-3/h4-12,17H,1-3H3,(H,22,24)/t17-/m1/s1. The maximum Gasteiger partial charge on any atom is 0.253 e. The molecule has 2 heterocycles. The van der Waals surface area contributed by atoms with Crippen LogP contribution in [0.25, 0.3) is 0 Å². The van der Waals surface area contributed by atoms with Crippen molar-refractivity contribution in [2.45, 2.75) is 6.04 Å². The number of benzene rings is 1. The highest BCUT2D eigenvalue weighted by atomic mass is 16.5. The second-order valence-corrected chi connectivity index (χ2v) is 5.66. The van der Waals surface area contributed by atoms with Gasteiger partial charge in [0.15, 0.2) is 11.5 Å². The third-order valence-corrected chi connectivity index (χ3v) is 4.06. The first-order valence-electron chi connectivity index (χ1n) is 8.04. The van der Waals surface area contributed by atoms with Gasteiger partial charge in [0.1, 0.15) is 11.9 Å². The molecule has 3 rings (SSSR count). The summed E-state index contributed by atoms with van der Waals surface area (Å²) in [6, 6.07) is 8.50. The van der Waals surface area contributed by atoms with Crippen LogP contribution in [-0.2, 0) is 7.05 Å². The number of hydrogen-bond donors (Lipinski definition) is 1. The second kappa shape index (κ2) is 7.69. The number of nitrogens with one attached hydrogen (secondary N) is 1. The molecule has 0 radical (unpaired) electrons. The number of nitrogens with zero attached hydrogens (tertiary/aromatic N) is 3. The topological polar surface area (TPSA) is 78.3 Å². The van der Waals surface area contributed by atoms with Crippen molar-refractivity contribution in [1.82, 2.24) is 19.9 Å². The Hall–Kier alpha value is -3.35. The van der Waals surface area contributed by atoms with Crippen LogP contribution in [0.2, 0.25) is 0 Å². The minimum absolute atomic E-state index is 0.235. The van der Waals surface area contributed by atoms with Crippen LogP contribution in [0.15, 0.2) is 55.1 Å². The molecule has 0 saturated carbocycles. The van der Waals surface area contributed by atoms with E-state index in [9.17, 15) is 4.79 Å². The Bertz CT molecular complexity index is 893. The molecule has 0 bridgehead atoms. The Morgan fingerprint density at radius 3 is 2.58 bits per heavy atom. The van der Waals surface area contributed by atoms with E-state index >= 15 is 0 Å². The fourth-order valence-electron chi connectivity index (χ4n) is 2.70. The summed E-state index contributed by atoms with van der Waals surface area (Å²) < 4.78 is 12.5. The van der Waals surface area contributed by atoms with E-state index in [0.29, 0.717) is 22.9 Å². The summed E-state index contributed by atoms with van der Waals surface area (Å²) in [7, 11) is 5.04. The molecule has 26 heavy (non-hydrogen) atoms. The van der Waals surface area contributed by atoms with Crippen molar-refractivity contribution < 1.29 is 14.3 Å². The fraction of sp³-hybridized carbons (Fsp3) is 0.211. The molecular formula is C19H20N4O3. The van der Waals surface area contributed by atoms with Gasteiger partial charge >= 0.3 is 0 Å². The summed E-state index contributed by atoms with van der Waals surface area (Å²) in [5, 5.41) is 3.02. The molecule has 3 aromatic rings. The van der Waals surface area contributed by atoms with Gasteiger partial charge in [-0.15, -0.1) is 0 Å². The number of pyridine rings is 1. The summed E-state index contributed by atoms with van der Waals surface area (Å²) in [5.41, 5.74) is 1.31. The minimum atomic E-state index is -0.456. The van der Waals surface area contributed by atoms with Crippen molar-refractivity contribution in [3.05, 3.63) is 72.1 Å². The van der Waals surface area contributed by atoms with E-state index < -0.39 is 6.04 Å². The van der Waals surface area contributed by atoms with Crippen LogP contribution in [0, 0.1) is 0 Å². The van der Waals surface area contributed by atoms with Crippen LogP contribution in [0.4, 0.5) is 0 Å². The first-order chi connectivity index (χ1) is 12.6. The highest BCUT2D eigenvalue weighted by Crippen LogP contribution is 2.32. The van der Waals surface area contributed by atoms with Gasteiger partial charge in [-0.25, -0.2) is 4.98 Å². The van der Waals surface area contributed by atoms with Gasteiger partial charge in [-0.05, 0) is 29.8 Å². The zero-order valence-electron chi connectivity index (χ0n) is 14.8. The highest BCUT2D eigenvalue weighted by Gasteiger charge is 2.23. The van der Waals surface area contributed by atoms with E-state index in [1.165, 1.54) is 6.20 Å². The highest BCUT2D eigenvalue weighted by molar-refractivity contribution is 5.94. The number of carbonyl (C=O) groups is 1. The maximum atomic E-state index is 12.7. The zero-order chi connectivity index (χ0) is 18.5. The molecule has 0 spiro atoms. The van der Waals surface area contributed by atoms with E-state index in [1.807, 2.05) is 29.9 Å². The molecule has 7 nitrogen and oxygen atoms in total. The first kappa shape index (κ1) is 17.5. The summed E-state index contributed by atoms with van der Waals surface area (Å²) in [5.74, 6) is 1.67. The molecule has 1 aromatic carbocycles. The summed E-state index contributed by atoms with van der Waals surface area (Å²) in [4.78, 5) is 21.1. The second-order valence-electron chi connectivity index (χ2n) is 5.66. The van der Waals surface area contributed by atoms with Crippen LogP contribution in [0.5, 0.6) is 11.5 Å². The van der Waals surface area contributed by atoms with Crippen molar-refractivity contribution in [2.24, 2.45) is 7.05 Å². The van der Waals surface area contributed by atoms with Gasteiger partial charge < -0.3 is 19.4 Å². The van der Waals surface area contributed by atoms with Gasteiger partial charge in [0.25, 0.3) is 5.91 Å². The van der Waals surface area contributed by atoms with Gasteiger partial charge in [0, 0.05) is 31.8 Å². The Balaban J connectivity index is 1.99. The largest absolute Gasteiger partial charge is 0.493 e. The van der Waals surface area contributed by atoms with Gasteiger partial charge in [-0.3, -0.25) is 9.78 Å². The Morgan fingerprint density at radius 2 is 1.96 bits per heavy atom. The number of aryl methyl sites for hydroxylation is 1. The van der Waals surface area contributed by atoms with Crippen molar-refractivity contribution in [3.8, 4) is 11.5 Å². The normalized spacial score (nSPS) is 11.7. The number of rotatable bonds is 6. The lowest BCUT2D eigenvalue weighted by atomic mass is 10.0. The van der Waals surface area contributed by atoms with Crippen LogP contribution >= 0.6 is 0 Å². The summed E-state index contributed by atoms with van der Waals surface area (Å²) in [6.45, 7) is 0. The van der Waals surface area contributed by atoms with Gasteiger partial charge in [-0.1, -0.05) is 6.07 Å². The Labute approximate surface area is 151 Å². The number of hydrogen-bond acceptors (Lipinski definition) is 5. The van der Waals surface area contributed by atoms with Crippen LogP contribution in [0.3, 0.4) is 0 Å². The first-order valence-corrected chi connectivity index (χ1v) is 8.04. The zero-order valence-corrected chi connectivity index (χ0v) is 14.8. The molecule has 0 unspecified atom stereocenters. The lowest BCUT2D eigenvalue weighted by Gasteiger charge is -2.20. The summed E-state index contributed by atoms with van der Waals surface area (Å²) >= 11 is 0. The smallest absolute Gasteiger partial charge is 0.253 e.